The second-order valence-electron chi connectivity index (χ2n) is 6.82. The first-order valence-corrected chi connectivity index (χ1v) is 9.02. The Hall–Kier alpha value is -2.77. The predicted octanol–water partition coefficient (Wildman–Crippen LogP) is 1.52. The molecule has 2 atom stereocenters. The van der Waals surface area contributed by atoms with Crippen molar-refractivity contribution in [2.75, 3.05) is 32.2 Å². The van der Waals surface area contributed by atoms with Crippen LogP contribution in [0.1, 0.15) is 25.7 Å². The average molecular weight is 376 g/mol. The van der Waals surface area contributed by atoms with Gasteiger partial charge in [0.15, 0.2) is 0 Å². The number of ether oxygens (including phenoxy) is 2. The van der Waals surface area contributed by atoms with E-state index in [0.29, 0.717) is 30.2 Å². The fourth-order valence-corrected chi connectivity index (χ4v) is 3.80. The molecule has 8 nitrogen and oxygen atoms in total. The molecule has 0 bridgehead atoms. The number of carboxylic acid groups (broad SMARTS) is 1. The molecule has 2 aliphatic rings. The van der Waals surface area contributed by atoms with Gasteiger partial charge in [-0.15, -0.1) is 0 Å². The molecular weight excluding hydrogens is 352 g/mol. The first kappa shape index (κ1) is 19.0. The van der Waals surface area contributed by atoms with Crippen LogP contribution in [0, 0.1) is 5.92 Å². The SMILES string of the molecule is COc1ccc(N2CC(C(=O)N3CCCCC3C(=O)O)CC2=O)c(OC)c1. The number of hydrogen-bond acceptors (Lipinski definition) is 5. The average Bonchev–Trinajstić information content (AvgIpc) is 3.08. The summed E-state index contributed by atoms with van der Waals surface area (Å²) >= 11 is 0. The van der Waals surface area contributed by atoms with E-state index in [1.807, 2.05) is 0 Å². The van der Waals surface area contributed by atoms with Crippen molar-refractivity contribution in [3.05, 3.63) is 18.2 Å². The van der Waals surface area contributed by atoms with Crippen molar-refractivity contribution in [3.63, 3.8) is 0 Å². The topological polar surface area (TPSA) is 96.4 Å². The van der Waals surface area contributed by atoms with Gasteiger partial charge in [0.25, 0.3) is 0 Å². The van der Waals surface area contributed by atoms with Crippen LogP contribution in [-0.4, -0.2) is 61.1 Å². The lowest BCUT2D eigenvalue weighted by Crippen LogP contribution is -2.50. The molecule has 3 rings (SSSR count). The number of amides is 2. The molecule has 1 aromatic carbocycles. The van der Waals surface area contributed by atoms with E-state index in [-0.39, 0.29) is 24.8 Å². The molecular formula is C19H24N2O6. The van der Waals surface area contributed by atoms with Gasteiger partial charge in [0.1, 0.15) is 17.5 Å². The molecule has 0 aromatic heterocycles. The number of hydrogen-bond donors (Lipinski definition) is 1. The van der Waals surface area contributed by atoms with Gasteiger partial charge in [0, 0.05) is 25.6 Å². The van der Waals surface area contributed by atoms with E-state index in [1.165, 1.54) is 16.9 Å². The van der Waals surface area contributed by atoms with E-state index in [4.69, 9.17) is 9.47 Å². The summed E-state index contributed by atoms with van der Waals surface area (Å²) in [6, 6.07) is 4.34. The molecule has 0 saturated carbocycles. The van der Waals surface area contributed by atoms with E-state index in [2.05, 4.69) is 0 Å². The van der Waals surface area contributed by atoms with Crippen molar-refractivity contribution in [3.8, 4) is 11.5 Å². The molecule has 0 spiro atoms. The monoisotopic (exact) mass is 376 g/mol. The second kappa shape index (κ2) is 7.85. The molecule has 2 heterocycles. The van der Waals surface area contributed by atoms with Crippen LogP contribution < -0.4 is 14.4 Å². The molecule has 8 heteroatoms. The minimum Gasteiger partial charge on any atom is -0.497 e. The van der Waals surface area contributed by atoms with E-state index in [0.717, 1.165) is 12.8 Å². The maximum atomic E-state index is 12.9. The summed E-state index contributed by atoms with van der Waals surface area (Å²) in [6.07, 6.45) is 2.10. The highest BCUT2D eigenvalue weighted by Gasteiger charge is 2.41. The third-order valence-electron chi connectivity index (χ3n) is 5.22. The largest absolute Gasteiger partial charge is 0.497 e. The highest BCUT2D eigenvalue weighted by Crippen LogP contribution is 2.36. The zero-order valence-corrected chi connectivity index (χ0v) is 15.5. The van der Waals surface area contributed by atoms with Crippen LogP contribution in [0.5, 0.6) is 11.5 Å². The predicted molar refractivity (Wildman–Crippen MR) is 97.0 cm³/mol. The van der Waals surface area contributed by atoms with Crippen LogP contribution in [0.4, 0.5) is 5.69 Å². The Labute approximate surface area is 157 Å². The molecule has 0 radical (unpaired) electrons. The van der Waals surface area contributed by atoms with Gasteiger partial charge in [-0.1, -0.05) is 0 Å². The van der Waals surface area contributed by atoms with Gasteiger partial charge < -0.3 is 24.4 Å². The van der Waals surface area contributed by atoms with E-state index < -0.39 is 17.9 Å². The molecule has 1 N–H and O–H groups in total. The van der Waals surface area contributed by atoms with Gasteiger partial charge in [-0.25, -0.2) is 4.79 Å². The van der Waals surface area contributed by atoms with Crippen LogP contribution in [0.25, 0.3) is 0 Å². The van der Waals surface area contributed by atoms with Gasteiger partial charge in [0.2, 0.25) is 11.8 Å². The molecule has 1 aromatic rings. The van der Waals surface area contributed by atoms with Crippen molar-refractivity contribution in [2.45, 2.75) is 31.7 Å². The number of methoxy groups -OCH3 is 2. The third-order valence-corrected chi connectivity index (χ3v) is 5.22. The summed E-state index contributed by atoms with van der Waals surface area (Å²) in [5.41, 5.74) is 0.576. The molecule has 2 saturated heterocycles. The van der Waals surface area contributed by atoms with E-state index in [9.17, 15) is 19.5 Å². The Morgan fingerprint density at radius 3 is 2.63 bits per heavy atom. The van der Waals surface area contributed by atoms with Crippen molar-refractivity contribution < 1.29 is 29.0 Å². The van der Waals surface area contributed by atoms with Crippen molar-refractivity contribution >= 4 is 23.5 Å². The quantitative estimate of drug-likeness (QED) is 0.837. The first-order chi connectivity index (χ1) is 13.0. The zero-order valence-electron chi connectivity index (χ0n) is 15.5. The lowest BCUT2D eigenvalue weighted by Gasteiger charge is -2.34. The number of piperidine rings is 1. The Morgan fingerprint density at radius 1 is 1.19 bits per heavy atom. The highest BCUT2D eigenvalue weighted by molar-refractivity contribution is 6.01. The number of carboxylic acids is 1. The highest BCUT2D eigenvalue weighted by atomic mass is 16.5. The minimum atomic E-state index is -0.985. The Bertz CT molecular complexity index is 750. The minimum absolute atomic E-state index is 0.0663. The number of carbonyl (C=O) groups is 3. The Balaban J connectivity index is 1.79. The van der Waals surface area contributed by atoms with Gasteiger partial charge in [-0.2, -0.15) is 0 Å². The molecule has 27 heavy (non-hydrogen) atoms. The molecule has 2 fully saturated rings. The normalized spacial score (nSPS) is 22.7. The standard InChI is InChI=1S/C19H24N2O6/c1-26-13-6-7-14(16(10-13)27-2)21-11-12(9-17(21)22)18(23)20-8-4-3-5-15(20)19(24)25/h6-7,10,12,15H,3-5,8-9,11H2,1-2H3,(H,24,25). The van der Waals surface area contributed by atoms with Crippen LogP contribution in [0.15, 0.2) is 18.2 Å². The summed E-state index contributed by atoms with van der Waals surface area (Å²) in [5.74, 6) is -0.888. The van der Waals surface area contributed by atoms with Gasteiger partial charge in [-0.3, -0.25) is 9.59 Å². The van der Waals surface area contributed by atoms with Crippen LogP contribution in [0.2, 0.25) is 0 Å². The Morgan fingerprint density at radius 2 is 1.96 bits per heavy atom. The van der Waals surface area contributed by atoms with Gasteiger partial charge in [-0.05, 0) is 31.4 Å². The number of carbonyl (C=O) groups excluding carboxylic acids is 2. The summed E-state index contributed by atoms with van der Waals surface area (Å²) in [4.78, 5) is 39.9. The van der Waals surface area contributed by atoms with Gasteiger partial charge in [0.05, 0.1) is 25.8 Å². The molecule has 2 unspecified atom stereocenters. The number of likely N-dealkylation sites (tertiary alicyclic amines) is 1. The lowest BCUT2D eigenvalue weighted by molar-refractivity contribution is -0.153. The van der Waals surface area contributed by atoms with Crippen molar-refractivity contribution in [1.29, 1.82) is 0 Å². The van der Waals surface area contributed by atoms with E-state index >= 15 is 0 Å². The summed E-state index contributed by atoms with van der Waals surface area (Å²) in [7, 11) is 3.05. The summed E-state index contributed by atoms with van der Waals surface area (Å²) < 4.78 is 10.5. The Kier molecular flexibility index (Phi) is 5.53. The smallest absolute Gasteiger partial charge is 0.326 e. The second-order valence-corrected chi connectivity index (χ2v) is 6.82. The fourth-order valence-electron chi connectivity index (χ4n) is 3.80. The lowest BCUT2D eigenvalue weighted by atomic mass is 9.98. The zero-order chi connectivity index (χ0) is 19.6. The number of aliphatic carboxylic acids is 1. The number of anilines is 1. The summed E-state index contributed by atoms with van der Waals surface area (Å²) in [6.45, 7) is 0.634. The molecule has 146 valence electrons. The maximum absolute atomic E-state index is 12.9. The van der Waals surface area contributed by atoms with Crippen LogP contribution >= 0.6 is 0 Å². The van der Waals surface area contributed by atoms with Crippen LogP contribution in [-0.2, 0) is 14.4 Å². The fraction of sp³-hybridized carbons (Fsp3) is 0.526. The maximum Gasteiger partial charge on any atom is 0.326 e. The van der Waals surface area contributed by atoms with Crippen LogP contribution in [0.3, 0.4) is 0 Å². The van der Waals surface area contributed by atoms with Crippen molar-refractivity contribution in [2.24, 2.45) is 5.92 Å². The molecule has 0 aliphatic carbocycles. The number of nitrogens with zero attached hydrogens (tertiary/aromatic N) is 2. The molecule has 2 aliphatic heterocycles. The molecule has 2 amide bonds. The van der Waals surface area contributed by atoms with Gasteiger partial charge >= 0.3 is 5.97 Å². The first-order valence-electron chi connectivity index (χ1n) is 9.02. The summed E-state index contributed by atoms with van der Waals surface area (Å²) in [5, 5.41) is 9.40. The number of benzene rings is 1. The van der Waals surface area contributed by atoms with Crippen molar-refractivity contribution in [1.82, 2.24) is 4.90 Å². The number of rotatable bonds is 5. The third kappa shape index (κ3) is 3.70. The van der Waals surface area contributed by atoms with E-state index in [1.54, 1.807) is 25.3 Å².